The first-order valence-corrected chi connectivity index (χ1v) is 14.3. The van der Waals surface area contributed by atoms with Crippen molar-refractivity contribution in [1.82, 2.24) is 35.5 Å². The average molecular weight is 599 g/mol. The molecule has 0 aliphatic carbocycles. The maximum atomic E-state index is 14.7. The number of pyridine rings is 1. The lowest BCUT2D eigenvalue weighted by Crippen LogP contribution is -2.30. The number of rotatable bonds is 4. The van der Waals surface area contributed by atoms with Gasteiger partial charge in [-0.3, -0.25) is 19.7 Å². The minimum Gasteiger partial charge on any atom is -0.342 e. The number of anilines is 1. The molecule has 0 unspecified atom stereocenters. The number of carbonyl (C=O) groups excluding carboxylic acids is 2. The Morgan fingerprint density at radius 2 is 1.95 bits per heavy atom. The third-order valence-electron chi connectivity index (χ3n) is 7.69. The highest BCUT2D eigenvalue weighted by molar-refractivity contribution is 6.30. The average Bonchev–Trinajstić information content (AvgIpc) is 3.68. The molecule has 6 rings (SSSR count). The van der Waals surface area contributed by atoms with Gasteiger partial charge < -0.3 is 10.6 Å². The fourth-order valence-corrected chi connectivity index (χ4v) is 5.42. The van der Waals surface area contributed by atoms with Gasteiger partial charge >= 0.3 is 0 Å². The summed E-state index contributed by atoms with van der Waals surface area (Å²) >= 11 is 5.95. The van der Waals surface area contributed by atoms with Crippen molar-refractivity contribution >= 4 is 29.1 Å². The molecule has 5 aromatic rings. The highest BCUT2D eigenvalue weighted by Gasteiger charge is 2.25. The second-order valence-electron chi connectivity index (χ2n) is 10.6. The van der Waals surface area contributed by atoms with Crippen molar-refractivity contribution in [1.29, 1.82) is 0 Å². The molecule has 0 saturated heterocycles. The molecule has 43 heavy (non-hydrogen) atoms. The molecule has 2 amide bonds. The summed E-state index contributed by atoms with van der Waals surface area (Å²) in [4.78, 5) is 31.3. The normalized spacial score (nSPS) is 16.9. The summed E-state index contributed by atoms with van der Waals surface area (Å²) in [6, 6.07) is 15.6. The lowest BCUT2D eigenvalue weighted by molar-refractivity contribution is -0.119. The van der Waals surface area contributed by atoms with Gasteiger partial charge in [0.15, 0.2) is 11.5 Å². The van der Waals surface area contributed by atoms with E-state index in [0.29, 0.717) is 36.3 Å². The first-order chi connectivity index (χ1) is 20.8. The molecular formula is C31H28ClFN8O2. The maximum Gasteiger partial charge on any atom is 0.274 e. The molecule has 3 N–H and O–H groups in total. The summed E-state index contributed by atoms with van der Waals surface area (Å²) in [6.07, 6.45) is 5.18. The molecular weight excluding hydrogens is 571 g/mol. The number of carbonyl (C=O) groups is 2. The molecule has 12 heteroatoms. The van der Waals surface area contributed by atoms with E-state index in [2.05, 4.69) is 36.1 Å². The fraction of sp³-hybridized carbons (Fsp3) is 0.226. The summed E-state index contributed by atoms with van der Waals surface area (Å²) in [5.41, 5.74) is 5.23. The molecule has 10 nitrogen and oxygen atoms in total. The topological polar surface area (TPSA) is 130 Å². The minimum atomic E-state index is -0.653. The van der Waals surface area contributed by atoms with Crippen LogP contribution in [-0.4, -0.2) is 42.0 Å². The SMILES string of the molecule is Cc1c(C(=O)N[C@H]2CCC[C@H](C)C(=O)Nc3cc(-c4ccn[nH]4)ccc3-c3ccnc2c3)nnn1-c1cccc(Cl)c1F. The lowest BCUT2D eigenvalue weighted by atomic mass is 9.94. The zero-order valence-corrected chi connectivity index (χ0v) is 24.2. The van der Waals surface area contributed by atoms with E-state index in [0.717, 1.165) is 22.4 Å². The van der Waals surface area contributed by atoms with Crippen LogP contribution in [0.4, 0.5) is 10.1 Å². The summed E-state index contributed by atoms with van der Waals surface area (Å²) in [5.74, 6) is -1.47. The fourth-order valence-electron chi connectivity index (χ4n) is 5.25. The van der Waals surface area contributed by atoms with E-state index in [4.69, 9.17) is 11.6 Å². The van der Waals surface area contributed by atoms with Crippen LogP contribution in [0.25, 0.3) is 28.1 Å². The van der Waals surface area contributed by atoms with Crippen LogP contribution in [0.5, 0.6) is 0 Å². The van der Waals surface area contributed by atoms with Crippen LogP contribution >= 0.6 is 11.6 Å². The van der Waals surface area contributed by atoms with Gasteiger partial charge in [0.25, 0.3) is 5.91 Å². The zero-order chi connectivity index (χ0) is 30.1. The Hall–Kier alpha value is -4.90. The molecule has 0 spiro atoms. The first kappa shape index (κ1) is 28.2. The van der Waals surface area contributed by atoms with Crippen LogP contribution in [-0.2, 0) is 4.79 Å². The number of hydrogen-bond acceptors (Lipinski definition) is 6. The molecule has 2 bridgehead atoms. The Kier molecular flexibility index (Phi) is 7.73. The van der Waals surface area contributed by atoms with Crippen molar-refractivity contribution in [2.24, 2.45) is 5.92 Å². The minimum absolute atomic E-state index is 0.0559. The molecule has 0 fully saturated rings. The highest BCUT2D eigenvalue weighted by atomic mass is 35.5. The van der Waals surface area contributed by atoms with Gasteiger partial charge in [-0.05, 0) is 61.7 Å². The number of benzene rings is 2. The molecule has 0 radical (unpaired) electrons. The predicted octanol–water partition coefficient (Wildman–Crippen LogP) is 6.05. The smallest absolute Gasteiger partial charge is 0.274 e. The van der Waals surface area contributed by atoms with Gasteiger partial charge in [0.05, 0.1) is 28.1 Å². The van der Waals surface area contributed by atoms with Crippen molar-refractivity contribution in [2.45, 2.75) is 39.2 Å². The van der Waals surface area contributed by atoms with Crippen LogP contribution < -0.4 is 10.6 Å². The number of H-pyrrole nitrogens is 1. The predicted molar refractivity (Wildman–Crippen MR) is 160 cm³/mol. The molecule has 1 aliphatic rings. The highest BCUT2D eigenvalue weighted by Crippen LogP contribution is 2.35. The Morgan fingerprint density at radius 3 is 2.77 bits per heavy atom. The number of fused-ring (bicyclic) bond motifs is 4. The van der Waals surface area contributed by atoms with Crippen molar-refractivity contribution in [2.75, 3.05) is 5.32 Å². The van der Waals surface area contributed by atoms with Crippen molar-refractivity contribution in [3.8, 4) is 28.1 Å². The first-order valence-electron chi connectivity index (χ1n) is 13.9. The van der Waals surface area contributed by atoms with Crippen LogP contribution in [0.3, 0.4) is 0 Å². The zero-order valence-electron chi connectivity index (χ0n) is 23.4. The number of hydrogen-bond donors (Lipinski definition) is 3. The van der Waals surface area contributed by atoms with E-state index in [1.54, 1.807) is 25.4 Å². The number of amides is 2. The van der Waals surface area contributed by atoms with Crippen LogP contribution in [0.15, 0.2) is 67.0 Å². The van der Waals surface area contributed by atoms with Gasteiger partial charge in [-0.15, -0.1) is 5.10 Å². The largest absolute Gasteiger partial charge is 0.342 e. The van der Waals surface area contributed by atoms with E-state index in [-0.39, 0.29) is 28.2 Å². The number of aromatic nitrogens is 6. The third-order valence-corrected chi connectivity index (χ3v) is 7.98. The van der Waals surface area contributed by atoms with Gasteiger partial charge in [0.2, 0.25) is 5.91 Å². The number of nitrogens with zero attached hydrogens (tertiary/aromatic N) is 5. The second kappa shape index (κ2) is 11.8. The number of aromatic amines is 1. The van der Waals surface area contributed by atoms with Gasteiger partial charge in [0, 0.05) is 35.1 Å². The molecule has 4 heterocycles. The molecule has 218 valence electrons. The van der Waals surface area contributed by atoms with E-state index < -0.39 is 17.8 Å². The molecule has 0 saturated carbocycles. The quantitative estimate of drug-likeness (QED) is 0.231. The van der Waals surface area contributed by atoms with E-state index in [1.807, 2.05) is 43.3 Å². The Bertz CT molecular complexity index is 1820. The number of nitrogens with one attached hydrogen (secondary N) is 3. The van der Waals surface area contributed by atoms with E-state index >= 15 is 0 Å². The lowest BCUT2D eigenvalue weighted by Gasteiger charge is -2.22. The summed E-state index contributed by atoms with van der Waals surface area (Å²) in [6.45, 7) is 3.53. The van der Waals surface area contributed by atoms with Gasteiger partial charge in [0.1, 0.15) is 5.69 Å². The van der Waals surface area contributed by atoms with E-state index in [9.17, 15) is 14.0 Å². The number of halogens is 2. The Labute approximate surface area is 251 Å². The Balaban J connectivity index is 1.34. The molecule has 1 aliphatic heterocycles. The molecule has 3 aromatic heterocycles. The summed E-state index contributed by atoms with van der Waals surface area (Å²) < 4.78 is 15.9. The van der Waals surface area contributed by atoms with Crippen molar-refractivity contribution in [3.05, 3.63) is 94.9 Å². The van der Waals surface area contributed by atoms with E-state index in [1.165, 1.54) is 16.8 Å². The molecule has 2 aromatic carbocycles. The van der Waals surface area contributed by atoms with Gasteiger partial charge in [-0.1, -0.05) is 48.4 Å². The van der Waals surface area contributed by atoms with Crippen LogP contribution in [0.1, 0.15) is 54.1 Å². The van der Waals surface area contributed by atoms with Crippen molar-refractivity contribution in [3.63, 3.8) is 0 Å². The Morgan fingerprint density at radius 1 is 1.09 bits per heavy atom. The van der Waals surface area contributed by atoms with Gasteiger partial charge in [-0.25, -0.2) is 9.07 Å². The van der Waals surface area contributed by atoms with Crippen LogP contribution in [0, 0.1) is 18.7 Å². The standard InChI is InChI=1S/C31H28ClFN8O2/c1-17-5-3-7-24(36-31(43)29-18(2)41(40-39-29)27-8-4-6-22(32)28(27)33)26-15-19(11-13-34-26)21-10-9-20(23-12-14-35-38-23)16-25(21)37-30(17)42/h4,6,8-17,24H,3,5,7H2,1-2H3,(H,35,38)(H,36,43)(H,37,42)/t17-,24-/m0/s1. The van der Waals surface area contributed by atoms with Crippen molar-refractivity contribution < 1.29 is 14.0 Å². The molecule has 2 atom stereocenters. The third kappa shape index (κ3) is 5.63. The maximum absolute atomic E-state index is 14.7. The summed E-state index contributed by atoms with van der Waals surface area (Å²) in [7, 11) is 0. The monoisotopic (exact) mass is 598 g/mol. The van der Waals surface area contributed by atoms with Gasteiger partial charge in [-0.2, -0.15) is 5.10 Å². The van der Waals surface area contributed by atoms with Crippen LogP contribution in [0.2, 0.25) is 5.02 Å². The second-order valence-corrected chi connectivity index (χ2v) is 11.0. The summed E-state index contributed by atoms with van der Waals surface area (Å²) in [5, 5.41) is 21.2.